The summed E-state index contributed by atoms with van der Waals surface area (Å²) in [6.07, 6.45) is 18.9. The van der Waals surface area contributed by atoms with Crippen molar-refractivity contribution in [1.82, 2.24) is 0 Å². The maximum absolute atomic E-state index is 5.21. The van der Waals surface area contributed by atoms with E-state index in [1.54, 1.807) is 0 Å². The van der Waals surface area contributed by atoms with E-state index in [1.165, 1.54) is 89.9 Å². The van der Waals surface area contributed by atoms with Crippen molar-refractivity contribution >= 4 is 25.3 Å². The predicted molar refractivity (Wildman–Crippen MR) is 129 cm³/mol. The van der Waals surface area contributed by atoms with E-state index in [2.05, 4.69) is 41.5 Å². The summed E-state index contributed by atoms with van der Waals surface area (Å²) in [5, 5.41) is 0.390. The van der Waals surface area contributed by atoms with Crippen LogP contribution in [0.3, 0.4) is 0 Å². The Morgan fingerprint density at radius 1 is 0.615 bits per heavy atom. The van der Waals surface area contributed by atoms with E-state index in [0.717, 1.165) is 0 Å². The van der Waals surface area contributed by atoms with Crippen molar-refractivity contribution in [3.8, 4) is 0 Å². The first-order valence-electron chi connectivity index (χ1n) is 11.6. The summed E-state index contributed by atoms with van der Waals surface area (Å²) >= 11 is 10.3. The molecule has 0 fully saturated rings. The third-order valence-corrected chi connectivity index (χ3v) is 7.72. The summed E-state index contributed by atoms with van der Waals surface area (Å²) in [4.78, 5) is 0. The normalized spacial score (nSPS) is 17.1. The molecule has 3 atom stereocenters. The topological polar surface area (TPSA) is 0 Å². The van der Waals surface area contributed by atoms with Crippen molar-refractivity contribution in [1.29, 1.82) is 0 Å². The molecule has 0 spiro atoms. The van der Waals surface area contributed by atoms with Crippen LogP contribution in [0, 0.1) is 11.3 Å². The van der Waals surface area contributed by atoms with Crippen molar-refractivity contribution in [2.75, 3.05) is 0 Å². The molecule has 0 aromatic rings. The molecule has 158 valence electrons. The van der Waals surface area contributed by atoms with Crippen LogP contribution in [0.25, 0.3) is 0 Å². The Morgan fingerprint density at radius 3 is 1.42 bits per heavy atom. The minimum Gasteiger partial charge on any atom is -0.174 e. The van der Waals surface area contributed by atoms with E-state index in [0.29, 0.717) is 16.6 Å². The van der Waals surface area contributed by atoms with Crippen LogP contribution in [0.5, 0.6) is 0 Å². The summed E-state index contributed by atoms with van der Waals surface area (Å²) in [6.45, 7) is 14.1. The standard InChI is InChI=1S/C24H50S2/c1-7-9-11-13-15-17-19-21(23(3,4)5)24(6,26)22(25)20-18-16-14-12-10-8-2/h21-22,25-26H,7-20H2,1-6H3. The highest BCUT2D eigenvalue weighted by atomic mass is 32.1. The maximum Gasteiger partial charge on any atom is 0.0250 e. The molecule has 0 radical (unpaired) electrons. The molecular weight excluding hydrogens is 352 g/mol. The fourth-order valence-corrected chi connectivity index (χ4v) is 5.38. The van der Waals surface area contributed by atoms with Gasteiger partial charge in [-0.15, -0.1) is 0 Å². The van der Waals surface area contributed by atoms with Gasteiger partial charge in [0.1, 0.15) is 0 Å². The van der Waals surface area contributed by atoms with Gasteiger partial charge in [-0.1, -0.05) is 112 Å². The van der Waals surface area contributed by atoms with E-state index >= 15 is 0 Å². The van der Waals surface area contributed by atoms with Crippen molar-refractivity contribution in [2.45, 2.75) is 141 Å². The van der Waals surface area contributed by atoms with Gasteiger partial charge in [-0.3, -0.25) is 0 Å². The molecule has 0 amide bonds. The molecule has 0 bridgehead atoms. The Morgan fingerprint density at radius 2 is 1.00 bits per heavy atom. The van der Waals surface area contributed by atoms with Gasteiger partial charge < -0.3 is 0 Å². The van der Waals surface area contributed by atoms with Crippen molar-refractivity contribution in [2.24, 2.45) is 11.3 Å². The van der Waals surface area contributed by atoms with Gasteiger partial charge in [0.2, 0.25) is 0 Å². The minimum absolute atomic E-state index is 0.00813. The van der Waals surface area contributed by atoms with Crippen LogP contribution in [-0.2, 0) is 0 Å². The van der Waals surface area contributed by atoms with E-state index in [9.17, 15) is 0 Å². The van der Waals surface area contributed by atoms with Crippen molar-refractivity contribution in [3.05, 3.63) is 0 Å². The van der Waals surface area contributed by atoms with Crippen LogP contribution in [0.15, 0.2) is 0 Å². The molecule has 0 saturated heterocycles. The molecule has 0 rings (SSSR count). The molecule has 0 aliphatic carbocycles. The second-order valence-corrected chi connectivity index (χ2v) is 11.4. The van der Waals surface area contributed by atoms with Crippen LogP contribution in [0.1, 0.15) is 131 Å². The lowest BCUT2D eigenvalue weighted by molar-refractivity contribution is 0.169. The zero-order valence-electron chi connectivity index (χ0n) is 18.9. The lowest BCUT2D eigenvalue weighted by Crippen LogP contribution is -2.44. The lowest BCUT2D eigenvalue weighted by Gasteiger charge is -2.45. The number of unbranched alkanes of at least 4 members (excludes halogenated alkanes) is 10. The molecule has 0 aromatic heterocycles. The van der Waals surface area contributed by atoms with E-state index < -0.39 is 0 Å². The van der Waals surface area contributed by atoms with Crippen LogP contribution < -0.4 is 0 Å². The van der Waals surface area contributed by atoms with Gasteiger partial charge in [0.15, 0.2) is 0 Å². The number of hydrogen-bond acceptors (Lipinski definition) is 2. The second-order valence-electron chi connectivity index (χ2n) is 9.77. The Hall–Kier alpha value is 0.700. The SMILES string of the molecule is CCCCCCCCC(S)C(C)(S)C(CCCCCCCC)C(C)(C)C. The molecular formula is C24H50S2. The third-order valence-electron chi connectivity index (χ3n) is 6.10. The van der Waals surface area contributed by atoms with Gasteiger partial charge in [-0.05, 0) is 31.1 Å². The largest absolute Gasteiger partial charge is 0.174 e. The Kier molecular flexibility index (Phi) is 15.1. The van der Waals surface area contributed by atoms with Gasteiger partial charge >= 0.3 is 0 Å². The van der Waals surface area contributed by atoms with Gasteiger partial charge in [-0.25, -0.2) is 0 Å². The van der Waals surface area contributed by atoms with Crippen LogP contribution in [-0.4, -0.2) is 10.00 Å². The average molecular weight is 403 g/mol. The van der Waals surface area contributed by atoms with E-state index in [-0.39, 0.29) is 4.75 Å². The smallest absolute Gasteiger partial charge is 0.0250 e. The van der Waals surface area contributed by atoms with Gasteiger partial charge in [0, 0.05) is 10.00 Å². The summed E-state index contributed by atoms with van der Waals surface area (Å²) in [6, 6.07) is 0. The highest BCUT2D eigenvalue weighted by Crippen LogP contribution is 2.46. The van der Waals surface area contributed by atoms with Gasteiger partial charge in [-0.2, -0.15) is 25.3 Å². The molecule has 0 heterocycles. The first-order valence-corrected chi connectivity index (χ1v) is 12.5. The van der Waals surface area contributed by atoms with Crippen LogP contribution >= 0.6 is 25.3 Å². The Balaban J connectivity index is 4.44. The van der Waals surface area contributed by atoms with E-state index in [1.807, 2.05) is 0 Å². The Labute approximate surface area is 177 Å². The van der Waals surface area contributed by atoms with Crippen molar-refractivity contribution < 1.29 is 0 Å². The molecule has 26 heavy (non-hydrogen) atoms. The fourth-order valence-electron chi connectivity index (χ4n) is 4.37. The molecule has 0 nitrogen and oxygen atoms in total. The summed E-state index contributed by atoms with van der Waals surface area (Å²) in [5.74, 6) is 0.618. The number of rotatable bonds is 16. The first kappa shape index (κ1) is 26.7. The fraction of sp³-hybridized carbons (Fsp3) is 1.00. The van der Waals surface area contributed by atoms with Crippen LogP contribution in [0.2, 0.25) is 0 Å². The summed E-state index contributed by atoms with van der Waals surface area (Å²) in [7, 11) is 0. The lowest BCUT2D eigenvalue weighted by atomic mass is 9.69. The average Bonchev–Trinajstić information content (AvgIpc) is 2.55. The number of hydrogen-bond donors (Lipinski definition) is 2. The van der Waals surface area contributed by atoms with E-state index in [4.69, 9.17) is 25.3 Å². The van der Waals surface area contributed by atoms with Gasteiger partial charge in [0.05, 0.1) is 0 Å². The van der Waals surface area contributed by atoms with Gasteiger partial charge in [0.25, 0.3) is 0 Å². The third kappa shape index (κ3) is 11.5. The zero-order valence-corrected chi connectivity index (χ0v) is 20.7. The van der Waals surface area contributed by atoms with Crippen LogP contribution in [0.4, 0.5) is 0 Å². The monoisotopic (exact) mass is 402 g/mol. The molecule has 0 aromatic carbocycles. The molecule has 0 saturated carbocycles. The Bertz CT molecular complexity index is 317. The first-order chi connectivity index (χ1) is 12.2. The molecule has 0 aliphatic rings. The van der Waals surface area contributed by atoms with Crippen molar-refractivity contribution in [3.63, 3.8) is 0 Å². The highest BCUT2D eigenvalue weighted by Gasteiger charge is 2.42. The molecule has 2 heteroatoms. The molecule has 0 aliphatic heterocycles. The maximum atomic E-state index is 5.21. The minimum atomic E-state index is 0.00813. The molecule has 3 unspecified atom stereocenters. The summed E-state index contributed by atoms with van der Waals surface area (Å²) < 4.78 is 0.00813. The summed E-state index contributed by atoms with van der Waals surface area (Å²) in [5.41, 5.74) is 0.294. The predicted octanol–water partition coefficient (Wildman–Crippen LogP) is 9.14. The number of thiol groups is 2. The zero-order chi connectivity index (χ0) is 20.1. The molecule has 0 N–H and O–H groups in total. The second kappa shape index (κ2) is 14.7. The quantitative estimate of drug-likeness (QED) is 0.186. The highest BCUT2D eigenvalue weighted by molar-refractivity contribution is 7.85.